The molecule has 31 heavy (non-hydrogen) atoms. The fourth-order valence-electron chi connectivity index (χ4n) is 2.82. The van der Waals surface area contributed by atoms with Gasteiger partial charge in [-0.2, -0.15) is 23.3 Å². The molecule has 0 aliphatic heterocycles. The fourth-order valence-corrected chi connectivity index (χ4v) is 3.00. The second-order valence-electron chi connectivity index (χ2n) is 6.36. The maximum atomic E-state index is 13.2. The SMILES string of the molecule is O=C(NCc1cc(C(F)(F)F)nn1-c1cccc(Cl)c1)Nc1nc2c(O)cccc2o1. The number of phenols is 1. The molecule has 3 N–H and O–H groups in total. The highest BCUT2D eigenvalue weighted by Gasteiger charge is 2.35. The van der Waals surface area contributed by atoms with Gasteiger partial charge in [0, 0.05) is 5.02 Å². The molecule has 0 unspecified atom stereocenters. The van der Waals surface area contributed by atoms with Gasteiger partial charge in [-0.15, -0.1) is 0 Å². The lowest BCUT2D eigenvalue weighted by Gasteiger charge is -2.09. The highest BCUT2D eigenvalue weighted by molar-refractivity contribution is 6.30. The number of hydrogen-bond acceptors (Lipinski definition) is 5. The van der Waals surface area contributed by atoms with Crippen LogP contribution in [-0.4, -0.2) is 25.9 Å². The van der Waals surface area contributed by atoms with Gasteiger partial charge in [-0.25, -0.2) is 9.48 Å². The van der Waals surface area contributed by atoms with E-state index in [1.165, 1.54) is 18.2 Å². The van der Waals surface area contributed by atoms with Crippen LogP contribution in [-0.2, 0) is 12.7 Å². The number of urea groups is 1. The van der Waals surface area contributed by atoms with Gasteiger partial charge in [0.05, 0.1) is 17.9 Å². The minimum Gasteiger partial charge on any atom is -0.506 e. The average Bonchev–Trinajstić information content (AvgIpc) is 3.31. The quantitative estimate of drug-likeness (QED) is 0.416. The molecule has 4 rings (SSSR count). The number of para-hydroxylation sites is 1. The van der Waals surface area contributed by atoms with Crippen LogP contribution >= 0.6 is 11.6 Å². The third-order valence-corrected chi connectivity index (χ3v) is 4.41. The van der Waals surface area contributed by atoms with Gasteiger partial charge in [0.15, 0.2) is 16.8 Å². The molecule has 2 heterocycles. The number of nitrogens with zero attached hydrogens (tertiary/aromatic N) is 3. The highest BCUT2D eigenvalue weighted by Crippen LogP contribution is 2.30. The number of rotatable bonds is 4. The Morgan fingerprint density at radius 2 is 1.97 bits per heavy atom. The molecule has 2 aromatic heterocycles. The molecule has 0 fully saturated rings. The number of phenolic OH excluding ortho intramolecular Hbond substituents is 1. The minimum absolute atomic E-state index is 0.0694. The number of alkyl halides is 3. The first-order valence-corrected chi connectivity index (χ1v) is 9.14. The number of halogens is 4. The Bertz CT molecular complexity index is 1270. The fraction of sp³-hybridized carbons (Fsp3) is 0.105. The molecular weight excluding hydrogens is 439 g/mol. The van der Waals surface area contributed by atoms with Crippen LogP contribution in [0.5, 0.6) is 5.75 Å². The van der Waals surface area contributed by atoms with Crippen molar-refractivity contribution in [2.45, 2.75) is 12.7 Å². The zero-order valence-corrected chi connectivity index (χ0v) is 16.2. The summed E-state index contributed by atoms with van der Waals surface area (Å²) >= 11 is 5.93. The first-order valence-electron chi connectivity index (χ1n) is 8.76. The number of amides is 2. The summed E-state index contributed by atoms with van der Waals surface area (Å²) in [4.78, 5) is 16.1. The molecule has 160 valence electrons. The third kappa shape index (κ3) is 4.40. The molecule has 0 bridgehead atoms. The molecule has 0 spiro atoms. The lowest BCUT2D eigenvalue weighted by atomic mass is 10.3. The maximum absolute atomic E-state index is 13.2. The van der Waals surface area contributed by atoms with E-state index in [9.17, 15) is 23.1 Å². The summed E-state index contributed by atoms with van der Waals surface area (Å²) in [5.41, 5.74) is -0.329. The smallest absolute Gasteiger partial charge is 0.435 e. The number of carbonyl (C=O) groups excluding carboxylic acids is 1. The molecular formula is C19H13ClF3N5O3. The number of hydrogen-bond donors (Lipinski definition) is 3. The van der Waals surface area contributed by atoms with Gasteiger partial charge in [-0.1, -0.05) is 23.7 Å². The molecule has 8 nitrogen and oxygen atoms in total. The van der Waals surface area contributed by atoms with E-state index in [1.54, 1.807) is 24.3 Å². The topological polar surface area (TPSA) is 105 Å². The molecule has 0 saturated heterocycles. The largest absolute Gasteiger partial charge is 0.506 e. The summed E-state index contributed by atoms with van der Waals surface area (Å²) in [5.74, 6) is -0.125. The van der Waals surface area contributed by atoms with Gasteiger partial charge in [0.1, 0.15) is 5.75 Å². The van der Waals surface area contributed by atoms with Gasteiger partial charge in [0.25, 0.3) is 0 Å². The lowest BCUT2D eigenvalue weighted by molar-refractivity contribution is -0.141. The normalized spacial score (nSPS) is 11.6. The Balaban J connectivity index is 1.53. The van der Waals surface area contributed by atoms with Crippen LogP contribution < -0.4 is 10.6 Å². The van der Waals surface area contributed by atoms with E-state index in [4.69, 9.17) is 16.0 Å². The Labute approximate surface area is 177 Å². The number of carbonyl (C=O) groups is 1. The minimum atomic E-state index is -4.67. The molecule has 0 aliphatic carbocycles. The van der Waals surface area contributed by atoms with Crippen molar-refractivity contribution in [2.24, 2.45) is 0 Å². The Morgan fingerprint density at radius 3 is 2.68 bits per heavy atom. The van der Waals surface area contributed by atoms with E-state index in [2.05, 4.69) is 20.7 Å². The zero-order chi connectivity index (χ0) is 22.2. The van der Waals surface area contributed by atoms with Gasteiger partial charge < -0.3 is 14.8 Å². The summed E-state index contributed by atoms with van der Waals surface area (Å²) in [6.45, 7) is -0.285. The van der Waals surface area contributed by atoms with E-state index in [0.717, 1.165) is 10.7 Å². The van der Waals surface area contributed by atoms with Crippen LogP contribution in [0.2, 0.25) is 5.02 Å². The van der Waals surface area contributed by atoms with Crippen LogP contribution in [0.25, 0.3) is 16.8 Å². The van der Waals surface area contributed by atoms with Crippen molar-refractivity contribution >= 4 is 34.7 Å². The summed E-state index contributed by atoms with van der Waals surface area (Å²) in [7, 11) is 0. The number of oxazole rings is 1. The first kappa shape index (κ1) is 20.5. The number of fused-ring (bicyclic) bond motifs is 1. The van der Waals surface area contributed by atoms with Crippen molar-refractivity contribution in [3.63, 3.8) is 0 Å². The molecule has 0 aliphatic rings. The van der Waals surface area contributed by atoms with Crippen molar-refractivity contribution in [2.75, 3.05) is 5.32 Å². The summed E-state index contributed by atoms with van der Waals surface area (Å²) in [6.07, 6.45) is -4.67. The summed E-state index contributed by atoms with van der Waals surface area (Å²) in [6, 6.07) is 10.5. The number of anilines is 1. The number of aromatic hydroxyl groups is 1. The number of aromatic nitrogens is 3. The van der Waals surface area contributed by atoms with Crippen molar-refractivity contribution in [3.8, 4) is 11.4 Å². The Morgan fingerprint density at radius 1 is 1.19 bits per heavy atom. The molecule has 4 aromatic rings. The van der Waals surface area contributed by atoms with Gasteiger partial charge >= 0.3 is 18.2 Å². The van der Waals surface area contributed by atoms with Crippen molar-refractivity contribution in [3.05, 3.63) is 64.9 Å². The van der Waals surface area contributed by atoms with Gasteiger partial charge in [-0.3, -0.25) is 5.32 Å². The number of benzene rings is 2. The average molecular weight is 452 g/mol. The zero-order valence-electron chi connectivity index (χ0n) is 15.4. The standard InChI is InChI=1S/C19H13ClF3N5O3/c20-10-3-1-4-11(7-10)28-12(8-15(27-28)19(21,22)23)9-24-17(30)26-18-25-16-13(29)5-2-6-14(16)31-18/h1-8,29H,9H2,(H2,24,25,26,30). The van der Waals surface area contributed by atoms with Crippen LogP contribution in [0, 0.1) is 0 Å². The van der Waals surface area contributed by atoms with Crippen molar-refractivity contribution < 1.29 is 27.5 Å². The molecule has 0 radical (unpaired) electrons. The maximum Gasteiger partial charge on any atom is 0.435 e. The second kappa shape index (κ2) is 7.84. The summed E-state index contributed by atoms with van der Waals surface area (Å²) < 4.78 is 45.8. The predicted octanol–water partition coefficient (Wildman–Crippen LogP) is 4.71. The van der Waals surface area contributed by atoms with Crippen LogP contribution in [0.4, 0.5) is 24.0 Å². The van der Waals surface area contributed by atoms with Crippen molar-refractivity contribution in [1.82, 2.24) is 20.1 Å². The Kier molecular flexibility index (Phi) is 5.19. The second-order valence-corrected chi connectivity index (χ2v) is 6.80. The Hall–Kier alpha value is -3.73. The van der Waals surface area contributed by atoms with E-state index in [0.29, 0.717) is 10.7 Å². The van der Waals surface area contributed by atoms with Crippen LogP contribution in [0.15, 0.2) is 52.9 Å². The summed E-state index contributed by atoms with van der Waals surface area (Å²) in [5, 5.41) is 18.4. The predicted molar refractivity (Wildman–Crippen MR) is 105 cm³/mol. The van der Waals surface area contributed by atoms with E-state index >= 15 is 0 Å². The molecule has 2 aromatic carbocycles. The first-order chi connectivity index (χ1) is 14.7. The molecule has 0 atom stereocenters. The third-order valence-electron chi connectivity index (χ3n) is 4.17. The van der Waals surface area contributed by atoms with Crippen LogP contribution in [0.1, 0.15) is 11.4 Å². The highest BCUT2D eigenvalue weighted by atomic mass is 35.5. The van der Waals surface area contributed by atoms with Crippen LogP contribution in [0.3, 0.4) is 0 Å². The lowest BCUT2D eigenvalue weighted by Crippen LogP contribution is -2.29. The van der Waals surface area contributed by atoms with Gasteiger partial charge in [-0.05, 0) is 36.4 Å². The molecule has 0 saturated carbocycles. The van der Waals surface area contributed by atoms with Gasteiger partial charge in [0.2, 0.25) is 0 Å². The van der Waals surface area contributed by atoms with Crippen molar-refractivity contribution in [1.29, 1.82) is 0 Å². The number of nitrogens with one attached hydrogen (secondary N) is 2. The van der Waals surface area contributed by atoms with E-state index < -0.39 is 17.9 Å². The monoisotopic (exact) mass is 451 g/mol. The van der Waals surface area contributed by atoms with E-state index in [-0.39, 0.29) is 35.1 Å². The van der Waals surface area contributed by atoms with E-state index in [1.807, 2.05) is 0 Å². The molecule has 12 heteroatoms. The molecule has 2 amide bonds.